The van der Waals surface area contributed by atoms with Gasteiger partial charge in [-0.3, -0.25) is 4.79 Å². The first kappa shape index (κ1) is 19.8. The number of fused-ring (bicyclic) bond motifs is 2. The van der Waals surface area contributed by atoms with Gasteiger partial charge in [0, 0.05) is 12.5 Å². The van der Waals surface area contributed by atoms with Gasteiger partial charge in [0.25, 0.3) is 11.3 Å². The fourth-order valence-corrected chi connectivity index (χ4v) is 5.06. The number of carboxylic acids is 1. The summed E-state index contributed by atoms with van der Waals surface area (Å²) in [6.07, 6.45) is 12.7. The molecule has 5 nitrogen and oxygen atoms in total. The van der Waals surface area contributed by atoms with Crippen LogP contribution in [0, 0.1) is 17.8 Å². The zero-order valence-electron chi connectivity index (χ0n) is 15.3. The van der Waals surface area contributed by atoms with Crippen LogP contribution in [0.4, 0.5) is 0 Å². The van der Waals surface area contributed by atoms with Crippen molar-refractivity contribution in [3.8, 4) is 0 Å². The van der Waals surface area contributed by atoms with E-state index < -0.39 is 17.2 Å². The molecule has 1 aromatic carbocycles. The van der Waals surface area contributed by atoms with E-state index in [4.69, 9.17) is 9.29 Å². The predicted octanol–water partition coefficient (Wildman–Crippen LogP) is 4.07. The van der Waals surface area contributed by atoms with Crippen LogP contribution in [0.2, 0.25) is 0 Å². The Morgan fingerprint density at radius 3 is 2.81 bits per heavy atom. The molecule has 2 aliphatic rings. The standard InChI is InChI=1S/C21H27NO4S/c23-20(24)10-6-2-5-9-19-17-11-12-18(15-17)21(19)22-27(25)26-14-13-16-7-3-1-4-8-16/h1,3-5,7-9,13-14,17-19,21-22H,2,6,10-12,15H2,(H,23,24)/t17-,18+,19+,21?,27?/m0/s1. The van der Waals surface area contributed by atoms with Crippen LogP contribution in [0.1, 0.15) is 44.1 Å². The lowest BCUT2D eigenvalue weighted by Gasteiger charge is -2.28. The molecule has 2 bridgehead atoms. The molecule has 6 heteroatoms. The average molecular weight is 390 g/mol. The first-order valence-electron chi connectivity index (χ1n) is 9.58. The third kappa shape index (κ3) is 5.78. The maximum absolute atomic E-state index is 12.3. The van der Waals surface area contributed by atoms with Crippen molar-refractivity contribution in [2.24, 2.45) is 17.8 Å². The third-order valence-corrected chi connectivity index (χ3v) is 6.29. The number of carboxylic acid groups (broad SMARTS) is 1. The van der Waals surface area contributed by atoms with Gasteiger partial charge in [-0.05, 0) is 61.5 Å². The number of hydrogen-bond acceptors (Lipinski definition) is 3. The van der Waals surface area contributed by atoms with Gasteiger partial charge >= 0.3 is 5.97 Å². The Morgan fingerprint density at radius 2 is 2.04 bits per heavy atom. The largest absolute Gasteiger partial charge is 0.481 e. The number of carbonyl (C=O) groups is 1. The number of unbranched alkanes of at least 4 members (excludes halogenated alkanes) is 1. The van der Waals surface area contributed by atoms with Crippen molar-refractivity contribution in [2.45, 2.75) is 44.6 Å². The summed E-state index contributed by atoms with van der Waals surface area (Å²) < 4.78 is 20.8. The van der Waals surface area contributed by atoms with Gasteiger partial charge in [-0.25, -0.2) is 4.72 Å². The number of hydrogen-bond donors (Lipinski definition) is 2. The van der Waals surface area contributed by atoms with E-state index in [0.29, 0.717) is 24.2 Å². The van der Waals surface area contributed by atoms with Gasteiger partial charge in [-0.2, -0.15) is 4.21 Å². The van der Waals surface area contributed by atoms with Gasteiger partial charge in [-0.1, -0.05) is 42.5 Å². The smallest absolute Gasteiger partial charge is 0.303 e. The molecule has 5 atom stereocenters. The van der Waals surface area contributed by atoms with Gasteiger partial charge in [0.05, 0.1) is 0 Å². The fraction of sp³-hybridized carbons (Fsp3) is 0.476. The zero-order valence-corrected chi connectivity index (χ0v) is 16.1. The van der Waals surface area contributed by atoms with E-state index in [2.05, 4.69) is 16.9 Å². The topological polar surface area (TPSA) is 75.6 Å². The molecule has 2 unspecified atom stereocenters. The van der Waals surface area contributed by atoms with Gasteiger partial charge in [0.2, 0.25) is 0 Å². The maximum atomic E-state index is 12.3. The molecule has 2 saturated carbocycles. The molecule has 0 aliphatic heterocycles. The zero-order chi connectivity index (χ0) is 19.1. The quantitative estimate of drug-likeness (QED) is 0.359. The minimum absolute atomic E-state index is 0.158. The lowest BCUT2D eigenvalue weighted by molar-refractivity contribution is -0.137. The molecule has 0 saturated heterocycles. The monoisotopic (exact) mass is 389 g/mol. The summed E-state index contributed by atoms with van der Waals surface area (Å²) >= 11 is -1.57. The number of allylic oxidation sites excluding steroid dienone is 1. The molecule has 0 amide bonds. The van der Waals surface area contributed by atoms with Crippen LogP contribution in [0.25, 0.3) is 6.08 Å². The lowest BCUT2D eigenvalue weighted by atomic mass is 9.84. The summed E-state index contributed by atoms with van der Waals surface area (Å²) in [7, 11) is 0. The van der Waals surface area contributed by atoms with Gasteiger partial charge < -0.3 is 9.29 Å². The molecule has 0 radical (unpaired) electrons. The van der Waals surface area contributed by atoms with Crippen LogP contribution in [-0.4, -0.2) is 21.3 Å². The van der Waals surface area contributed by atoms with E-state index in [0.717, 1.165) is 12.0 Å². The number of nitrogens with one attached hydrogen (secondary N) is 1. The minimum atomic E-state index is -1.57. The highest BCUT2D eigenvalue weighted by Crippen LogP contribution is 2.49. The molecule has 1 aromatic rings. The van der Waals surface area contributed by atoms with Gasteiger partial charge in [0.1, 0.15) is 6.26 Å². The SMILES string of the molecule is O=C(O)CCCC=C[C@H]1C(NS(=O)OC=Cc2ccccc2)[C@@H]2CC[C@H]1C2. The summed E-state index contributed by atoms with van der Waals surface area (Å²) in [5, 5.41) is 8.71. The maximum Gasteiger partial charge on any atom is 0.303 e. The molecule has 0 aromatic heterocycles. The van der Waals surface area contributed by atoms with Crippen LogP contribution in [0.3, 0.4) is 0 Å². The van der Waals surface area contributed by atoms with Crippen molar-refractivity contribution in [1.82, 2.24) is 4.72 Å². The molecule has 3 rings (SSSR count). The van der Waals surface area contributed by atoms with Gasteiger partial charge in [-0.15, -0.1) is 0 Å². The Hall–Kier alpha value is -1.92. The van der Waals surface area contributed by atoms with E-state index in [-0.39, 0.29) is 12.5 Å². The minimum Gasteiger partial charge on any atom is -0.481 e. The number of rotatable bonds is 10. The highest BCUT2D eigenvalue weighted by molar-refractivity contribution is 7.78. The van der Waals surface area contributed by atoms with Crippen LogP contribution < -0.4 is 4.72 Å². The Bertz CT molecular complexity index is 703. The summed E-state index contributed by atoms with van der Waals surface area (Å²) in [5.74, 6) is 0.757. The van der Waals surface area contributed by atoms with E-state index >= 15 is 0 Å². The van der Waals surface area contributed by atoms with E-state index in [1.807, 2.05) is 30.3 Å². The molecule has 2 aliphatic carbocycles. The number of benzene rings is 1. The summed E-state index contributed by atoms with van der Waals surface area (Å²) in [5.41, 5.74) is 0.997. The number of aliphatic carboxylic acids is 1. The average Bonchev–Trinajstić information content (AvgIpc) is 3.24. The predicted molar refractivity (Wildman–Crippen MR) is 107 cm³/mol. The van der Waals surface area contributed by atoms with Crippen molar-refractivity contribution in [1.29, 1.82) is 0 Å². The molecule has 146 valence electrons. The van der Waals surface area contributed by atoms with E-state index in [9.17, 15) is 9.00 Å². The van der Waals surface area contributed by atoms with Crippen molar-refractivity contribution in [3.05, 3.63) is 54.3 Å². The molecular formula is C21H27NO4S. The summed E-state index contributed by atoms with van der Waals surface area (Å²) in [6, 6.07) is 9.90. The molecule has 27 heavy (non-hydrogen) atoms. The highest BCUT2D eigenvalue weighted by atomic mass is 32.2. The second-order valence-electron chi connectivity index (χ2n) is 7.31. The Morgan fingerprint density at radius 1 is 1.26 bits per heavy atom. The van der Waals surface area contributed by atoms with Crippen molar-refractivity contribution in [2.75, 3.05) is 0 Å². The Balaban J connectivity index is 1.49. The second-order valence-corrected chi connectivity index (χ2v) is 8.21. The molecule has 2 fully saturated rings. The van der Waals surface area contributed by atoms with Gasteiger partial charge in [0.15, 0.2) is 0 Å². The third-order valence-electron chi connectivity index (χ3n) is 5.54. The molecule has 2 N–H and O–H groups in total. The summed E-state index contributed by atoms with van der Waals surface area (Å²) in [4.78, 5) is 10.6. The van der Waals surface area contributed by atoms with Crippen LogP contribution in [-0.2, 0) is 20.2 Å². The Kier molecular flexibility index (Phi) is 7.24. The molecule has 0 spiro atoms. The van der Waals surface area contributed by atoms with Crippen LogP contribution in [0.5, 0.6) is 0 Å². The second kappa shape index (κ2) is 9.85. The summed E-state index contributed by atoms with van der Waals surface area (Å²) in [6.45, 7) is 0. The first-order valence-corrected chi connectivity index (χ1v) is 10.7. The molecule has 0 heterocycles. The van der Waals surface area contributed by atoms with Crippen LogP contribution >= 0.6 is 0 Å². The first-order chi connectivity index (χ1) is 13.1. The van der Waals surface area contributed by atoms with E-state index in [1.165, 1.54) is 25.5 Å². The van der Waals surface area contributed by atoms with Crippen molar-refractivity contribution >= 4 is 23.3 Å². The normalized spacial score (nSPS) is 28.1. The van der Waals surface area contributed by atoms with Crippen molar-refractivity contribution in [3.63, 3.8) is 0 Å². The Labute approximate surface area is 163 Å². The fourth-order valence-electron chi connectivity index (χ4n) is 4.27. The molecular weight excluding hydrogens is 362 g/mol. The van der Waals surface area contributed by atoms with Crippen molar-refractivity contribution < 1.29 is 18.3 Å². The highest BCUT2D eigenvalue weighted by Gasteiger charge is 2.46. The van der Waals surface area contributed by atoms with E-state index in [1.54, 1.807) is 6.08 Å². The lowest BCUT2D eigenvalue weighted by Crippen LogP contribution is -2.41. The van der Waals surface area contributed by atoms with Crippen LogP contribution in [0.15, 0.2) is 48.7 Å².